The average Bonchev–Trinajstić information content (AvgIpc) is 2.54. The van der Waals surface area contributed by atoms with Crippen molar-refractivity contribution in [3.63, 3.8) is 0 Å². The Balaban J connectivity index is 1.75. The average molecular weight is 279 g/mol. The molecule has 4 rings (SSSR count). The molecule has 3 heteroatoms. The Kier molecular flexibility index (Phi) is 3.23. The highest BCUT2D eigenvalue weighted by atomic mass is 14.9. The molecule has 2 N–H and O–H groups in total. The Labute approximate surface area is 125 Å². The third-order valence-corrected chi connectivity index (χ3v) is 4.93. The van der Waals surface area contributed by atoms with Crippen LogP contribution in [0.1, 0.15) is 65.9 Å². The van der Waals surface area contributed by atoms with E-state index in [-0.39, 0.29) is 6.04 Å². The summed E-state index contributed by atoms with van der Waals surface area (Å²) in [5, 5.41) is 0. The fourth-order valence-corrected chi connectivity index (χ4v) is 3.79. The number of hydrogen-bond acceptors (Lipinski definition) is 3. The fourth-order valence-electron chi connectivity index (χ4n) is 3.79. The number of rotatable bonds is 1. The normalized spacial score (nSPS) is 24.2. The van der Waals surface area contributed by atoms with E-state index in [0.717, 1.165) is 37.1 Å². The van der Waals surface area contributed by atoms with Gasteiger partial charge in [0.05, 0.1) is 0 Å². The standard InChI is InChI=1S/C18H21N3/c19-16-9-4-10-17-15(16)11-20-18(21-17)14-8-3-6-12-5-1-2-7-13(12)14/h1-2,5,7,11,14,16H,3-4,6,8-10,19H2. The molecule has 3 nitrogen and oxygen atoms in total. The van der Waals surface area contributed by atoms with Crippen LogP contribution in [0.5, 0.6) is 0 Å². The molecule has 21 heavy (non-hydrogen) atoms. The molecule has 0 spiro atoms. The molecule has 2 aliphatic rings. The van der Waals surface area contributed by atoms with Gasteiger partial charge in [-0.2, -0.15) is 0 Å². The maximum Gasteiger partial charge on any atom is 0.136 e. The zero-order chi connectivity index (χ0) is 14.2. The number of benzene rings is 1. The summed E-state index contributed by atoms with van der Waals surface area (Å²) in [7, 11) is 0. The minimum absolute atomic E-state index is 0.126. The maximum absolute atomic E-state index is 6.17. The Bertz CT molecular complexity index is 665. The van der Waals surface area contributed by atoms with Gasteiger partial charge in [-0.1, -0.05) is 24.3 Å². The van der Waals surface area contributed by atoms with Gasteiger partial charge >= 0.3 is 0 Å². The summed E-state index contributed by atoms with van der Waals surface area (Å²) in [5.41, 5.74) is 11.4. The first kappa shape index (κ1) is 13.0. The van der Waals surface area contributed by atoms with Gasteiger partial charge in [-0.15, -0.1) is 0 Å². The lowest BCUT2D eigenvalue weighted by Gasteiger charge is -2.26. The molecule has 0 bridgehead atoms. The van der Waals surface area contributed by atoms with Crippen LogP contribution in [0.15, 0.2) is 30.5 Å². The predicted octanol–water partition coefficient (Wildman–Crippen LogP) is 3.28. The molecule has 1 aromatic carbocycles. The smallest absolute Gasteiger partial charge is 0.136 e. The van der Waals surface area contributed by atoms with E-state index in [1.807, 2.05) is 6.20 Å². The quantitative estimate of drug-likeness (QED) is 0.871. The van der Waals surface area contributed by atoms with E-state index in [0.29, 0.717) is 5.92 Å². The van der Waals surface area contributed by atoms with Crippen LogP contribution >= 0.6 is 0 Å². The van der Waals surface area contributed by atoms with Crippen LogP contribution in [0, 0.1) is 0 Å². The minimum Gasteiger partial charge on any atom is -0.324 e. The van der Waals surface area contributed by atoms with Gasteiger partial charge in [-0.05, 0) is 49.7 Å². The van der Waals surface area contributed by atoms with Crippen LogP contribution in [0.25, 0.3) is 0 Å². The SMILES string of the molecule is NC1CCCc2nc(C3CCCc4ccccc43)ncc21. The molecule has 0 fully saturated rings. The molecule has 0 amide bonds. The number of nitrogens with two attached hydrogens (primary N) is 1. The number of hydrogen-bond donors (Lipinski definition) is 1. The highest BCUT2D eigenvalue weighted by Gasteiger charge is 2.26. The second kappa shape index (κ2) is 5.23. The van der Waals surface area contributed by atoms with E-state index in [1.165, 1.54) is 29.7 Å². The molecular formula is C18H21N3. The number of nitrogens with zero attached hydrogens (tertiary/aromatic N) is 2. The number of fused-ring (bicyclic) bond motifs is 2. The summed E-state index contributed by atoms with van der Waals surface area (Å²) in [6.45, 7) is 0. The summed E-state index contributed by atoms with van der Waals surface area (Å²) in [6, 6.07) is 8.88. The Morgan fingerprint density at radius 1 is 1.00 bits per heavy atom. The van der Waals surface area contributed by atoms with Crippen molar-refractivity contribution in [2.75, 3.05) is 0 Å². The maximum atomic E-state index is 6.17. The fraction of sp³-hybridized carbons (Fsp3) is 0.444. The summed E-state index contributed by atoms with van der Waals surface area (Å²) in [4.78, 5) is 9.57. The van der Waals surface area contributed by atoms with Crippen LogP contribution in [0.4, 0.5) is 0 Å². The van der Waals surface area contributed by atoms with Crippen LogP contribution < -0.4 is 5.73 Å². The van der Waals surface area contributed by atoms with Gasteiger partial charge in [-0.3, -0.25) is 0 Å². The monoisotopic (exact) mass is 279 g/mol. The molecule has 0 aliphatic heterocycles. The largest absolute Gasteiger partial charge is 0.324 e. The lowest BCUT2D eigenvalue weighted by atomic mass is 9.82. The summed E-state index contributed by atoms with van der Waals surface area (Å²) < 4.78 is 0. The molecular weight excluding hydrogens is 258 g/mol. The van der Waals surface area contributed by atoms with Crippen molar-refractivity contribution >= 4 is 0 Å². The number of aromatic nitrogens is 2. The predicted molar refractivity (Wildman–Crippen MR) is 83.1 cm³/mol. The second-order valence-electron chi connectivity index (χ2n) is 6.27. The van der Waals surface area contributed by atoms with E-state index >= 15 is 0 Å². The topological polar surface area (TPSA) is 51.8 Å². The first-order valence-corrected chi connectivity index (χ1v) is 8.02. The summed E-state index contributed by atoms with van der Waals surface area (Å²) in [6.07, 6.45) is 8.80. The molecule has 2 unspecified atom stereocenters. The van der Waals surface area contributed by atoms with E-state index in [4.69, 9.17) is 10.7 Å². The molecule has 0 saturated heterocycles. The first-order valence-electron chi connectivity index (χ1n) is 8.02. The van der Waals surface area contributed by atoms with E-state index in [9.17, 15) is 0 Å². The Morgan fingerprint density at radius 2 is 1.86 bits per heavy atom. The Morgan fingerprint density at radius 3 is 2.81 bits per heavy atom. The molecule has 1 heterocycles. The summed E-state index contributed by atoms with van der Waals surface area (Å²) in [5.74, 6) is 1.36. The van der Waals surface area contributed by atoms with Crippen LogP contribution in [0.3, 0.4) is 0 Å². The van der Waals surface area contributed by atoms with Crippen LogP contribution in [-0.4, -0.2) is 9.97 Å². The van der Waals surface area contributed by atoms with E-state index in [1.54, 1.807) is 0 Å². The molecule has 2 aromatic rings. The van der Waals surface area contributed by atoms with Gasteiger partial charge in [0.25, 0.3) is 0 Å². The van der Waals surface area contributed by atoms with Gasteiger partial charge in [0.15, 0.2) is 0 Å². The molecule has 1 aromatic heterocycles. The van der Waals surface area contributed by atoms with Gasteiger partial charge in [0, 0.05) is 29.4 Å². The van der Waals surface area contributed by atoms with E-state index < -0.39 is 0 Å². The van der Waals surface area contributed by atoms with Crippen LogP contribution in [0.2, 0.25) is 0 Å². The molecule has 2 atom stereocenters. The van der Waals surface area contributed by atoms with Gasteiger partial charge < -0.3 is 5.73 Å². The molecule has 108 valence electrons. The molecule has 2 aliphatic carbocycles. The van der Waals surface area contributed by atoms with Crippen molar-refractivity contribution in [3.05, 3.63) is 58.7 Å². The van der Waals surface area contributed by atoms with Crippen molar-refractivity contribution in [2.45, 2.75) is 50.5 Å². The zero-order valence-corrected chi connectivity index (χ0v) is 12.3. The second-order valence-corrected chi connectivity index (χ2v) is 6.27. The minimum atomic E-state index is 0.126. The third kappa shape index (κ3) is 2.26. The van der Waals surface area contributed by atoms with Gasteiger partial charge in [0.1, 0.15) is 5.82 Å². The highest BCUT2D eigenvalue weighted by Crippen LogP contribution is 2.36. The van der Waals surface area contributed by atoms with Crippen molar-refractivity contribution in [1.29, 1.82) is 0 Å². The number of aryl methyl sites for hydroxylation is 2. The lowest BCUT2D eigenvalue weighted by molar-refractivity contribution is 0.539. The van der Waals surface area contributed by atoms with Crippen molar-refractivity contribution in [3.8, 4) is 0 Å². The third-order valence-electron chi connectivity index (χ3n) is 4.93. The zero-order valence-electron chi connectivity index (χ0n) is 12.3. The first-order chi connectivity index (χ1) is 10.3. The Hall–Kier alpha value is -1.74. The van der Waals surface area contributed by atoms with E-state index in [2.05, 4.69) is 29.2 Å². The van der Waals surface area contributed by atoms with Crippen molar-refractivity contribution in [1.82, 2.24) is 9.97 Å². The van der Waals surface area contributed by atoms with Gasteiger partial charge in [0.2, 0.25) is 0 Å². The summed E-state index contributed by atoms with van der Waals surface area (Å²) >= 11 is 0. The lowest BCUT2D eigenvalue weighted by Crippen LogP contribution is -2.21. The molecule has 0 radical (unpaired) electrons. The van der Waals surface area contributed by atoms with Crippen molar-refractivity contribution in [2.24, 2.45) is 5.73 Å². The van der Waals surface area contributed by atoms with Gasteiger partial charge in [-0.25, -0.2) is 9.97 Å². The van der Waals surface area contributed by atoms with Crippen molar-refractivity contribution < 1.29 is 0 Å². The molecule has 0 saturated carbocycles. The highest BCUT2D eigenvalue weighted by molar-refractivity contribution is 5.37. The van der Waals surface area contributed by atoms with Crippen LogP contribution in [-0.2, 0) is 12.8 Å².